The molecule has 0 radical (unpaired) electrons. The van der Waals surface area contributed by atoms with Crippen molar-refractivity contribution in [3.8, 4) is 0 Å². The highest BCUT2D eigenvalue weighted by molar-refractivity contribution is 5.94. The Labute approximate surface area is 146 Å². The molecule has 25 heavy (non-hydrogen) atoms. The molecular weight excluding hydrogens is 316 g/mol. The summed E-state index contributed by atoms with van der Waals surface area (Å²) in [6, 6.07) is 9.74. The average Bonchev–Trinajstić information content (AvgIpc) is 3.30. The summed E-state index contributed by atoms with van der Waals surface area (Å²) in [6.45, 7) is 4.45. The second kappa shape index (κ2) is 5.72. The van der Waals surface area contributed by atoms with Crippen LogP contribution in [0, 0.1) is 5.92 Å². The van der Waals surface area contributed by atoms with Gasteiger partial charge < -0.3 is 10.2 Å². The fraction of sp³-hybridized carbons (Fsp3) is 0.421. The van der Waals surface area contributed by atoms with Crippen LogP contribution in [0.25, 0.3) is 0 Å². The van der Waals surface area contributed by atoms with Crippen molar-refractivity contribution in [2.24, 2.45) is 5.92 Å². The highest BCUT2D eigenvalue weighted by Crippen LogP contribution is 2.41. The maximum Gasteiger partial charge on any atom is 0.228 e. The summed E-state index contributed by atoms with van der Waals surface area (Å²) in [6.07, 6.45) is 2.27. The molecule has 1 fully saturated rings. The van der Waals surface area contributed by atoms with E-state index in [9.17, 15) is 9.59 Å². The molecule has 2 N–H and O–H groups in total. The van der Waals surface area contributed by atoms with E-state index >= 15 is 0 Å². The number of nitrogens with one attached hydrogen (secondary N) is 2. The standard InChI is InChI=1S/C19H22N4O2/c1-19(2)16-14(17(22-21-16)20-18(25)13-8-9-13)11-23(19)15(24)10-12-6-4-3-5-7-12/h3-7,13H,8-11H2,1-2H3,(H2,20,21,22,25). The quantitative estimate of drug-likeness (QED) is 0.899. The molecule has 0 atom stereocenters. The first-order chi connectivity index (χ1) is 12.0. The normalized spacial score (nSPS) is 18.1. The molecule has 1 aliphatic heterocycles. The van der Waals surface area contributed by atoms with Gasteiger partial charge in [0.25, 0.3) is 0 Å². The van der Waals surface area contributed by atoms with Crippen molar-refractivity contribution in [3.63, 3.8) is 0 Å². The lowest BCUT2D eigenvalue weighted by molar-refractivity contribution is -0.135. The van der Waals surface area contributed by atoms with Gasteiger partial charge in [-0.1, -0.05) is 30.3 Å². The third kappa shape index (κ3) is 2.81. The Balaban J connectivity index is 1.54. The summed E-state index contributed by atoms with van der Waals surface area (Å²) in [7, 11) is 0. The molecule has 130 valence electrons. The van der Waals surface area contributed by atoms with E-state index in [1.54, 1.807) is 0 Å². The molecule has 0 spiro atoms. The number of carbonyl (C=O) groups excluding carboxylic acids is 2. The Kier molecular flexibility index (Phi) is 3.63. The van der Waals surface area contributed by atoms with Crippen molar-refractivity contribution in [3.05, 3.63) is 47.2 Å². The third-order valence-corrected chi connectivity index (χ3v) is 5.13. The Morgan fingerprint density at radius 3 is 2.68 bits per heavy atom. The maximum atomic E-state index is 12.8. The zero-order chi connectivity index (χ0) is 17.6. The number of aromatic amines is 1. The molecule has 6 nitrogen and oxygen atoms in total. The van der Waals surface area contributed by atoms with Gasteiger partial charge in [-0.15, -0.1) is 0 Å². The smallest absolute Gasteiger partial charge is 0.228 e. The summed E-state index contributed by atoms with van der Waals surface area (Å²) in [5, 5.41) is 10.3. The number of nitrogens with zero attached hydrogens (tertiary/aromatic N) is 2. The molecule has 1 saturated carbocycles. The molecule has 2 heterocycles. The average molecular weight is 338 g/mol. The van der Waals surface area contributed by atoms with Crippen molar-refractivity contribution in [2.75, 3.05) is 5.32 Å². The number of H-pyrrole nitrogens is 1. The molecule has 1 aliphatic carbocycles. The van der Waals surface area contributed by atoms with Gasteiger partial charge in [0.05, 0.1) is 24.2 Å². The first-order valence-electron chi connectivity index (χ1n) is 8.70. The second-order valence-corrected chi connectivity index (χ2v) is 7.39. The van der Waals surface area contributed by atoms with E-state index in [0.29, 0.717) is 18.8 Å². The molecule has 2 aliphatic rings. The van der Waals surface area contributed by atoms with Crippen molar-refractivity contribution < 1.29 is 9.59 Å². The number of hydrogen-bond donors (Lipinski definition) is 2. The van der Waals surface area contributed by atoms with Crippen molar-refractivity contribution in [1.29, 1.82) is 0 Å². The van der Waals surface area contributed by atoms with E-state index < -0.39 is 5.54 Å². The predicted molar refractivity (Wildman–Crippen MR) is 93.7 cm³/mol. The summed E-state index contributed by atoms with van der Waals surface area (Å²) < 4.78 is 0. The first-order valence-corrected chi connectivity index (χ1v) is 8.70. The van der Waals surface area contributed by atoms with E-state index in [-0.39, 0.29) is 17.7 Å². The summed E-state index contributed by atoms with van der Waals surface area (Å²) in [5.74, 6) is 0.867. The fourth-order valence-electron chi connectivity index (χ4n) is 3.45. The monoisotopic (exact) mass is 338 g/mol. The number of aromatic nitrogens is 2. The lowest BCUT2D eigenvalue weighted by Gasteiger charge is -2.31. The van der Waals surface area contributed by atoms with Crippen LogP contribution in [-0.4, -0.2) is 26.9 Å². The van der Waals surface area contributed by atoms with Crippen LogP contribution >= 0.6 is 0 Å². The van der Waals surface area contributed by atoms with Crippen molar-refractivity contribution >= 4 is 17.6 Å². The zero-order valence-electron chi connectivity index (χ0n) is 14.5. The molecule has 4 rings (SSSR count). The van der Waals surface area contributed by atoms with Crippen LogP contribution in [0.5, 0.6) is 0 Å². The Morgan fingerprint density at radius 1 is 1.28 bits per heavy atom. The number of amides is 2. The van der Waals surface area contributed by atoms with Crippen LogP contribution in [0.4, 0.5) is 5.82 Å². The van der Waals surface area contributed by atoms with Gasteiger partial charge in [-0.05, 0) is 32.3 Å². The summed E-state index contributed by atoms with van der Waals surface area (Å²) in [4.78, 5) is 26.7. The van der Waals surface area contributed by atoms with Crippen molar-refractivity contribution in [2.45, 2.75) is 45.2 Å². The van der Waals surface area contributed by atoms with Crippen LogP contribution in [-0.2, 0) is 28.1 Å². The molecular formula is C19H22N4O2. The maximum absolute atomic E-state index is 12.8. The number of fused-ring (bicyclic) bond motifs is 1. The fourth-order valence-corrected chi connectivity index (χ4v) is 3.45. The molecule has 0 bridgehead atoms. The van der Waals surface area contributed by atoms with E-state index in [2.05, 4.69) is 15.5 Å². The Bertz CT molecular complexity index is 821. The van der Waals surface area contributed by atoms with Gasteiger partial charge in [-0.2, -0.15) is 5.10 Å². The molecule has 1 aromatic heterocycles. The molecule has 2 amide bonds. The number of benzene rings is 1. The van der Waals surface area contributed by atoms with Gasteiger partial charge in [-0.25, -0.2) is 0 Å². The van der Waals surface area contributed by atoms with Crippen LogP contribution < -0.4 is 5.32 Å². The van der Waals surface area contributed by atoms with E-state index in [0.717, 1.165) is 29.7 Å². The minimum Gasteiger partial charge on any atom is -0.327 e. The van der Waals surface area contributed by atoms with E-state index in [1.165, 1.54) is 0 Å². The topological polar surface area (TPSA) is 78.1 Å². The van der Waals surface area contributed by atoms with Gasteiger partial charge in [0.15, 0.2) is 0 Å². The second-order valence-electron chi connectivity index (χ2n) is 7.39. The van der Waals surface area contributed by atoms with Gasteiger partial charge in [0.1, 0.15) is 5.82 Å². The highest BCUT2D eigenvalue weighted by Gasteiger charge is 2.44. The zero-order valence-corrected chi connectivity index (χ0v) is 14.5. The van der Waals surface area contributed by atoms with Gasteiger partial charge in [-0.3, -0.25) is 14.7 Å². The van der Waals surface area contributed by atoms with Crippen LogP contribution in [0.1, 0.15) is 43.5 Å². The van der Waals surface area contributed by atoms with Crippen molar-refractivity contribution in [1.82, 2.24) is 15.1 Å². The third-order valence-electron chi connectivity index (χ3n) is 5.13. The van der Waals surface area contributed by atoms with Crippen LogP contribution in [0.3, 0.4) is 0 Å². The highest BCUT2D eigenvalue weighted by atomic mass is 16.2. The number of carbonyl (C=O) groups is 2. The molecule has 6 heteroatoms. The summed E-state index contributed by atoms with van der Waals surface area (Å²) >= 11 is 0. The molecule has 0 saturated heterocycles. The summed E-state index contributed by atoms with van der Waals surface area (Å²) in [5.41, 5.74) is 2.25. The Morgan fingerprint density at radius 2 is 2.00 bits per heavy atom. The van der Waals surface area contributed by atoms with E-state index in [1.807, 2.05) is 49.1 Å². The first kappa shape index (κ1) is 15.9. The van der Waals surface area contributed by atoms with Crippen LogP contribution in [0.2, 0.25) is 0 Å². The number of hydrogen-bond acceptors (Lipinski definition) is 3. The molecule has 0 unspecified atom stereocenters. The van der Waals surface area contributed by atoms with Gasteiger partial charge in [0.2, 0.25) is 11.8 Å². The predicted octanol–water partition coefficient (Wildman–Crippen LogP) is 2.58. The lowest BCUT2D eigenvalue weighted by atomic mass is 10.00. The molecule has 1 aromatic carbocycles. The minimum atomic E-state index is -0.500. The lowest BCUT2D eigenvalue weighted by Crippen LogP contribution is -2.41. The number of anilines is 1. The largest absolute Gasteiger partial charge is 0.327 e. The Hall–Kier alpha value is -2.63. The van der Waals surface area contributed by atoms with Gasteiger partial charge in [0, 0.05) is 11.5 Å². The molecule has 2 aromatic rings. The SMILES string of the molecule is CC1(C)c2n[nH]c(NC(=O)C3CC3)c2CN1C(=O)Cc1ccccc1. The minimum absolute atomic E-state index is 0.0401. The van der Waals surface area contributed by atoms with Crippen LogP contribution in [0.15, 0.2) is 30.3 Å². The van der Waals surface area contributed by atoms with Gasteiger partial charge >= 0.3 is 0 Å². The van der Waals surface area contributed by atoms with E-state index in [4.69, 9.17) is 0 Å². The number of rotatable bonds is 4.